The van der Waals surface area contributed by atoms with Crippen molar-refractivity contribution in [2.45, 2.75) is 0 Å². The smallest absolute Gasteiger partial charge is 0.243 e. The van der Waals surface area contributed by atoms with Crippen molar-refractivity contribution in [3.63, 3.8) is 0 Å². The molecule has 0 N–H and O–H groups in total. The van der Waals surface area contributed by atoms with Crippen molar-refractivity contribution in [3.05, 3.63) is 19.0 Å². The molecule has 1 heterocycles. The summed E-state index contributed by atoms with van der Waals surface area (Å²) in [5, 5.41) is 0. The Morgan fingerprint density at radius 3 is 2.14 bits per heavy atom. The van der Waals surface area contributed by atoms with E-state index in [2.05, 4.69) is 9.97 Å². The lowest BCUT2D eigenvalue weighted by molar-refractivity contribution is -0.677. The molecular formula is C4H6N3+. The summed E-state index contributed by atoms with van der Waals surface area (Å²) in [5.74, 6) is 0. The van der Waals surface area contributed by atoms with Crippen molar-refractivity contribution in [1.82, 2.24) is 9.97 Å². The van der Waals surface area contributed by atoms with Gasteiger partial charge in [0.2, 0.25) is 12.7 Å². The summed E-state index contributed by atoms with van der Waals surface area (Å²) in [4.78, 5) is 7.47. The molecule has 36 valence electrons. The molecule has 0 amide bonds. The van der Waals surface area contributed by atoms with Gasteiger partial charge >= 0.3 is 0 Å². The van der Waals surface area contributed by atoms with Crippen molar-refractivity contribution in [2.24, 2.45) is 7.05 Å². The molecule has 0 spiro atoms. The van der Waals surface area contributed by atoms with Gasteiger partial charge in [0.15, 0.2) is 0 Å². The first-order valence-electron chi connectivity index (χ1n) is 2.00. The summed E-state index contributed by atoms with van der Waals surface area (Å²) in [6.45, 7) is 0. The highest BCUT2D eigenvalue weighted by Crippen LogP contribution is 1.55. The highest BCUT2D eigenvalue weighted by Gasteiger charge is 1.80. The predicted molar refractivity (Wildman–Crippen MR) is 23.2 cm³/mol. The molecular weight excluding hydrogens is 90.1 g/mol. The van der Waals surface area contributed by atoms with Gasteiger partial charge in [-0.2, -0.15) is 0 Å². The Morgan fingerprint density at radius 2 is 1.86 bits per heavy atom. The fourth-order valence-electron chi connectivity index (χ4n) is 0.338. The van der Waals surface area contributed by atoms with E-state index >= 15 is 0 Å². The van der Waals surface area contributed by atoms with E-state index < -0.39 is 0 Å². The van der Waals surface area contributed by atoms with Crippen molar-refractivity contribution < 1.29 is 4.57 Å². The van der Waals surface area contributed by atoms with Crippen LogP contribution in [-0.2, 0) is 7.05 Å². The largest absolute Gasteiger partial charge is 0.263 e. The number of hydrogen-bond acceptors (Lipinski definition) is 2. The minimum Gasteiger partial charge on any atom is -0.243 e. The standard InChI is InChI=1S/C4H6N3/c1-7-3-5-2-6-4-7/h2-4H,1H3/q+1. The molecule has 0 aliphatic carbocycles. The zero-order chi connectivity index (χ0) is 5.11. The van der Waals surface area contributed by atoms with E-state index in [4.69, 9.17) is 0 Å². The van der Waals surface area contributed by atoms with Gasteiger partial charge in [-0.05, 0) is 0 Å². The number of hydrogen-bond donors (Lipinski definition) is 0. The Morgan fingerprint density at radius 1 is 1.29 bits per heavy atom. The summed E-state index contributed by atoms with van der Waals surface area (Å²) in [6.07, 6.45) is 4.88. The average Bonchev–Trinajstić information content (AvgIpc) is 1.69. The van der Waals surface area contributed by atoms with Crippen molar-refractivity contribution in [1.29, 1.82) is 0 Å². The molecule has 0 aromatic carbocycles. The molecule has 0 radical (unpaired) electrons. The highest BCUT2D eigenvalue weighted by molar-refractivity contribution is 4.41. The maximum absolute atomic E-state index is 3.74. The topological polar surface area (TPSA) is 29.7 Å². The minimum absolute atomic E-state index is 1.50. The monoisotopic (exact) mass is 96.1 g/mol. The maximum atomic E-state index is 3.74. The van der Waals surface area contributed by atoms with Gasteiger partial charge in [-0.1, -0.05) is 9.97 Å². The lowest BCUT2D eigenvalue weighted by atomic mass is 11.0. The van der Waals surface area contributed by atoms with Gasteiger partial charge in [-0.15, -0.1) is 0 Å². The first-order chi connectivity index (χ1) is 3.39. The van der Waals surface area contributed by atoms with Crippen LogP contribution in [0.3, 0.4) is 0 Å². The van der Waals surface area contributed by atoms with Gasteiger partial charge in [-0.3, -0.25) is 0 Å². The fraction of sp³-hybridized carbons (Fsp3) is 0.250. The normalized spacial score (nSPS) is 8.71. The maximum Gasteiger partial charge on any atom is 0.263 e. The number of aromatic nitrogens is 3. The van der Waals surface area contributed by atoms with Crippen LogP contribution < -0.4 is 4.57 Å². The number of rotatable bonds is 0. The van der Waals surface area contributed by atoms with E-state index in [0.29, 0.717) is 0 Å². The third-order valence-corrected chi connectivity index (χ3v) is 0.631. The first-order valence-corrected chi connectivity index (χ1v) is 2.00. The summed E-state index contributed by atoms with van der Waals surface area (Å²) < 4.78 is 1.78. The average molecular weight is 96.1 g/mol. The van der Waals surface area contributed by atoms with Crippen LogP contribution in [0, 0.1) is 0 Å². The van der Waals surface area contributed by atoms with E-state index in [1.807, 2.05) is 7.05 Å². The Bertz CT molecular complexity index is 137. The second-order valence-corrected chi connectivity index (χ2v) is 1.31. The number of nitrogens with zero attached hydrogens (tertiary/aromatic N) is 3. The summed E-state index contributed by atoms with van der Waals surface area (Å²) in [7, 11) is 1.88. The van der Waals surface area contributed by atoms with E-state index in [1.165, 1.54) is 6.33 Å². The molecule has 0 saturated heterocycles. The van der Waals surface area contributed by atoms with Gasteiger partial charge in [0.05, 0.1) is 7.05 Å². The van der Waals surface area contributed by atoms with Crippen LogP contribution in [-0.4, -0.2) is 9.97 Å². The van der Waals surface area contributed by atoms with E-state index in [-0.39, 0.29) is 0 Å². The SMILES string of the molecule is C[n+]1cncnc1. The van der Waals surface area contributed by atoms with Gasteiger partial charge < -0.3 is 0 Å². The lowest BCUT2D eigenvalue weighted by Crippen LogP contribution is -2.27. The molecule has 0 aliphatic heterocycles. The summed E-state index contributed by atoms with van der Waals surface area (Å²) in [5.41, 5.74) is 0. The Balaban J connectivity index is 3.02. The van der Waals surface area contributed by atoms with E-state index in [9.17, 15) is 0 Å². The van der Waals surface area contributed by atoms with Gasteiger partial charge in [0.25, 0.3) is 6.33 Å². The Labute approximate surface area is 41.7 Å². The third kappa shape index (κ3) is 0.924. The van der Waals surface area contributed by atoms with E-state index in [0.717, 1.165) is 0 Å². The van der Waals surface area contributed by atoms with Crippen LogP contribution in [0.15, 0.2) is 19.0 Å². The van der Waals surface area contributed by atoms with Crippen LogP contribution >= 0.6 is 0 Å². The summed E-state index contributed by atoms with van der Waals surface area (Å²) in [6, 6.07) is 0. The lowest BCUT2D eigenvalue weighted by Gasteiger charge is -1.77. The molecule has 0 atom stereocenters. The van der Waals surface area contributed by atoms with E-state index in [1.54, 1.807) is 17.2 Å². The molecule has 0 fully saturated rings. The minimum atomic E-state index is 1.50. The predicted octanol–water partition coefficient (Wildman–Crippen LogP) is -0.699. The van der Waals surface area contributed by atoms with Crippen LogP contribution in [0.5, 0.6) is 0 Å². The molecule has 1 rings (SSSR count). The fourth-order valence-corrected chi connectivity index (χ4v) is 0.338. The van der Waals surface area contributed by atoms with Crippen molar-refractivity contribution in [3.8, 4) is 0 Å². The second kappa shape index (κ2) is 1.64. The van der Waals surface area contributed by atoms with Crippen molar-refractivity contribution >= 4 is 0 Å². The molecule has 3 nitrogen and oxygen atoms in total. The van der Waals surface area contributed by atoms with Gasteiger partial charge in [-0.25, -0.2) is 4.57 Å². The quantitative estimate of drug-likeness (QED) is 0.400. The molecule has 1 aromatic rings. The highest BCUT2D eigenvalue weighted by atomic mass is 15.0. The molecule has 0 saturated carbocycles. The van der Waals surface area contributed by atoms with Crippen LogP contribution in [0.1, 0.15) is 0 Å². The molecule has 0 bridgehead atoms. The molecule has 0 aliphatic rings. The Hall–Kier alpha value is -0.990. The van der Waals surface area contributed by atoms with Crippen molar-refractivity contribution in [2.75, 3.05) is 0 Å². The van der Waals surface area contributed by atoms with Gasteiger partial charge in [0, 0.05) is 0 Å². The molecule has 0 unspecified atom stereocenters. The zero-order valence-electron chi connectivity index (χ0n) is 4.07. The van der Waals surface area contributed by atoms with Gasteiger partial charge in [0.1, 0.15) is 0 Å². The first kappa shape index (κ1) is 4.18. The van der Waals surface area contributed by atoms with Crippen LogP contribution in [0.2, 0.25) is 0 Å². The number of aryl methyl sites for hydroxylation is 1. The molecule has 3 heteroatoms. The second-order valence-electron chi connectivity index (χ2n) is 1.31. The zero-order valence-corrected chi connectivity index (χ0v) is 4.07. The molecule has 1 aromatic heterocycles. The Kier molecular flexibility index (Phi) is 0.978. The third-order valence-electron chi connectivity index (χ3n) is 0.631. The van der Waals surface area contributed by atoms with Crippen LogP contribution in [0.25, 0.3) is 0 Å². The summed E-state index contributed by atoms with van der Waals surface area (Å²) >= 11 is 0. The van der Waals surface area contributed by atoms with Crippen LogP contribution in [0.4, 0.5) is 0 Å². The molecule has 7 heavy (non-hydrogen) atoms.